The standard InChI is InChI=1S/C23H28O5/c24-22(25)17-26-14-12-19-9-6-10-20(15-19)21(16-18-7-2-1-3-8-18)28-23-11-4-5-13-27-23/h1-3,6-10,15,21,23H,4-5,11-14,16-17H2,(H,24,25). The second-order valence-electron chi connectivity index (χ2n) is 7.05. The molecule has 0 radical (unpaired) electrons. The highest BCUT2D eigenvalue weighted by Crippen LogP contribution is 2.28. The van der Waals surface area contributed by atoms with Gasteiger partial charge in [-0.05, 0) is 42.4 Å². The Kier molecular flexibility index (Phi) is 8.03. The second kappa shape index (κ2) is 11.0. The van der Waals surface area contributed by atoms with Gasteiger partial charge in [-0.1, -0.05) is 54.6 Å². The summed E-state index contributed by atoms with van der Waals surface area (Å²) in [6.07, 6.45) is 4.33. The van der Waals surface area contributed by atoms with Crippen LogP contribution in [0.2, 0.25) is 0 Å². The Morgan fingerprint density at radius 2 is 1.93 bits per heavy atom. The highest BCUT2D eigenvalue weighted by Gasteiger charge is 2.22. The number of carbonyl (C=O) groups is 1. The summed E-state index contributed by atoms with van der Waals surface area (Å²) in [7, 11) is 0. The number of carboxylic acid groups (broad SMARTS) is 1. The van der Waals surface area contributed by atoms with Crippen LogP contribution in [0.15, 0.2) is 54.6 Å². The number of hydrogen-bond donors (Lipinski definition) is 1. The van der Waals surface area contributed by atoms with Crippen LogP contribution in [0.25, 0.3) is 0 Å². The minimum absolute atomic E-state index is 0.0922. The first kappa shape index (κ1) is 20.5. The largest absolute Gasteiger partial charge is 0.480 e. The van der Waals surface area contributed by atoms with Crippen LogP contribution < -0.4 is 0 Å². The topological polar surface area (TPSA) is 65.0 Å². The van der Waals surface area contributed by atoms with E-state index in [1.54, 1.807) is 0 Å². The van der Waals surface area contributed by atoms with E-state index in [1.165, 1.54) is 5.56 Å². The smallest absolute Gasteiger partial charge is 0.329 e. The Bertz CT molecular complexity index is 725. The third-order valence-corrected chi connectivity index (χ3v) is 4.80. The summed E-state index contributed by atoms with van der Waals surface area (Å²) in [5.74, 6) is -0.947. The van der Waals surface area contributed by atoms with Crippen LogP contribution in [0.1, 0.15) is 42.1 Å². The monoisotopic (exact) mass is 384 g/mol. The van der Waals surface area contributed by atoms with E-state index in [4.69, 9.17) is 19.3 Å². The van der Waals surface area contributed by atoms with E-state index >= 15 is 0 Å². The van der Waals surface area contributed by atoms with Crippen molar-refractivity contribution in [3.05, 3.63) is 71.3 Å². The average Bonchev–Trinajstić information content (AvgIpc) is 2.72. The summed E-state index contributed by atoms with van der Waals surface area (Å²) < 4.78 is 17.3. The van der Waals surface area contributed by atoms with Gasteiger partial charge in [0.25, 0.3) is 0 Å². The molecule has 3 rings (SSSR count). The van der Waals surface area contributed by atoms with Gasteiger partial charge in [-0.25, -0.2) is 4.79 Å². The van der Waals surface area contributed by atoms with Gasteiger partial charge in [0, 0.05) is 13.0 Å². The van der Waals surface area contributed by atoms with E-state index in [1.807, 2.05) is 30.3 Å². The summed E-state index contributed by atoms with van der Waals surface area (Å²) in [4.78, 5) is 10.6. The first-order valence-corrected chi connectivity index (χ1v) is 9.90. The molecule has 1 fully saturated rings. The molecule has 1 aliphatic heterocycles. The molecule has 2 aromatic rings. The molecule has 28 heavy (non-hydrogen) atoms. The maximum Gasteiger partial charge on any atom is 0.329 e. The van der Waals surface area contributed by atoms with Gasteiger partial charge in [0.1, 0.15) is 6.61 Å². The Balaban J connectivity index is 1.69. The van der Waals surface area contributed by atoms with Gasteiger partial charge < -0.3 is 19.3 Å². The minimum atomic E-state index is -0.947. The van der Waals surface area contributed by atoms with Crippen LogP contribution in [0.5, 0.6) is 0 Å². The van der Waals surface area contributed by atoms with Crippen LogP contribution in [0.4, 0.5) is 0 Å². The van der Waals surface area contributed by atoms with Crippen molar-refractivity contribution in [2.45, 2.75) is 44.5 Å². The molecule has 0 spiro atoms. The number of benzene rings is 2. The molecule has 2 aromatic carbocycles. The predicted molar refractivity (Wildman–Crippen MR) is 106 cm³/mol. The minimum Gasteiger partial charge on any atom is -0.480 e. The van der Waals surface area contributed by atoms with Crippen LogP contribution >= 0.6 is 0 Å². The lowest BCUT2D eigenvalue weighted by molar-refractivity contribution is -0.189. The highest BCUT2D eigenvalue weighted by atomic mass is 16.7. The van der Waals surface area contributed by atoms with E-state index in [2.05, 4.69) is 24.3 Å². The van der Waals surface area contributed by atoms with Gasteiger partial charge in [-0.2, -0.15) is 0 Å². The molecular formula is C23H28O5. The third kappa shape index (κ3) is 6.75. The molecule has 2 atom stereocenters. The van der Waals surface area contributed by atoms with Crippen molar-refractivity contribution in [2.75, 3.05) is 19.8 Å². The number of rotatable bonds is 10. The van der Waals surface area contributed by atoms with Gasteiger partial charge in [0.2, 0.25) is 0 Å². The summed E-state index contributed by atoms with van der Waals surface area (Å²) in [5, 5.41) is 8.67. The van der Waals surface area contributed by atoms with Crippen molar-refractivity contribution in [3.8, 4) is 0 Å². The number of carboxylic acids is 1. The molecule has 0 saturated carbocycles. The molecule has 0 bridgehead atoms. The maximum absolute atomic E-state index is 10.6. The van der Waals surface area contributed by atoms with E-state index in [0.717, 1.165) is 43.4 Å². The molecule has 0 aliphatic carbocycles. The fourth-order valence-electron chi connectivity index (χ4n) is 3.37. The number of aliphatic carboxylic acids is 1. The van der Waals surface area contributed by atoms with Gasteiger partial charge in [0.05, 0.1) is 12.7 Å². The third-order valence-electron chi connectivity index (χ3n) is 4.80. The fourth-order valence-corrected chi connectivity index (χ4v) is 3.37. The van der Waals surface area contributed by atoms with Crippen molar-refractivity contribution < 1.29 is 24.1 Å². The molecule has 1 N–H and O–H groups in total. The first-order valence-electron chi connectivity index (χ1n) is 9.90. The zero-order chi connectivity index (χ0) is 19.6. The van der Waals surface area contributed by atoms with Gasteiger partial charge in [0.15, 0.2) is 6.29 Å². The van der Waals surface area contributed by atoms with Crippen molar-refractivity contribution >= 4 is 5.97 Å². The Labute approximate surface area is 166 Å². The molecule has 1 heterocycles. The summed E-state index contributed by atoms with van der Waals surface area (Å²) in [6, 6.07) is 18.6. The van der Waals surface area contributed by atoms with E-state index in [0.29, 0.717) is 13.0 Å². The van der Waals surface area contributed by atoms with E-state index in [-0.39, 0.29) is 19.0 Å². The maximum atomic E-state index is 10.6. The molecule has 2 unspecified atom stereocenters. The number of ether oxygens (including phenoxy) is 3. The van der Waals surface area contributed by atoms with Crippen LogP contribution in [0, 0.1) is 0 Å². The Morgan fingerprint density at radius 3 is 2.68 bits per heavy atom. The van der Waals surface area contributed by atoms with Crippen LogP contribution in [-0.4, -0.2) is 37.2 Å². The normalized spacial score (nSPS) is 17.9. The molecular weight excluding hydrogens is 356 g/mol. The second-order valence-corrected chi connectivity index (χ2v) is 7.05. The van der Waals surface area contributed by atoms with Gasteiger partial charge in [-0.15, -0.1) is 0 Å². The quantitative estimate of drug-likeness (QED) is 0.623. The first-order chi connectivity index (χ1) is 13.7. The molecule has 0 aromatic heterocycles. The van der Waals surface area contributed by atoms with E-state index < -0.39 is 5.97 Å². The van der Waals surface area contributed by atoms with Crippen molar-refractivity contribution in [1.82, 2.24) is 0 Å². The molecule has 0 amide bonds. The van der Waals surface area contributed by atoms with Crippen molar-refractivity contribution in [1.29, 1.82) is 0 Å². The lowest BCUT2D eigenvalue weighted by Crippen LogP contribution is -2.25. The number of hydrogen-bond acceptors (Lipinski definition) is 4. The van der Waals surface area contributed by atoms with Gasteiger partial charge >= 0.3 is 5.97 Å². The van der Waals surface area contributed by atoms with E-state index in [9.17, 15) is 4.79 Å². The lowest BCUT2D eigenvalue weighted by Gasteiger charge is -2.28. The molecule has 5 nitrogen and oxygen atoms in total. The van der Waals surface area contributed by atoms with Crippen LogP contribution in [0.3, 0.4) is 0 Å². The van der Waals surface area contributed by atoms with Crippen molar-refractivity contribution in [3.63, 3.8) is 0 Å². The van der Waals surface area contributed by atoms with Crippen LogP contribution in [-0.2, 0) is 31.8 Å². The average molecular weight is 384 g/mol. The Morgan fingerprint density at radius 1 is 1.11 bits per heavy atom. The summed E-state index contributed by atoms with van der Waals surface area (Å²) in [5.41, 5.74) is 3.43. The Hall–Kier alpha value is -2.21. The molecule has 150 valence electrons. The predicted octanol–water partition coefficient (Wildman–Crippen LogP) is 4.16. The fraction of sp³-hybridized carbons (Fsp3) is 0.435. The molecule has 1 saturated heterocycles. The SMILES string of the molecule is O=C(O)COCCc1cccc(C(Cc2ccccc2)OC2CCCCO2)c1. The highest BCUT2D eigenvalue weighted by molar-refractivity contribution is 5.67. The summed E-state index contributed by atoms with van der Waals surface area (Å²) in [6.45, 7) is 0.869. The zero-order valence-electron chi connectivity index (χ0n) is 16.1. The van der Waals surface area contributed by atoms with Gasteiger partial charge in [-0.3, -0.25) is 0 Å². The van der Waals surface area contributed by atoms with Crippen molar-refractivity contribution in [2.24, 2.45) is 0 Å². The molecule has 5 heteroatoms. The summed E-state index contributed by atoms with van der Waals surface area (Å²) >= 11 is 0. The lowest BCUT2D eigenvalue weighted by atomic mass is 9.98. The molecule has 1 aliphatic rings. The zero-order valence-corrected chi connectivity index (χ0v) is 16.1.